The SMILES string of the molecule is COc1ccc(C2CCCN2C(=O)CCc2ccccc2Cl)cc1OC. The molecule has 138 valence electrons. The standard InChI is InChI=1S/C21H24ClNO3/c1-25-19-11-9-16(14-20(19)26-2)18-8-5-13-23(18)21(24)12-10-15-6-3-4-7-17(15)22/h3-4,6-7,9,11,14,18H,5,8,10,12-13H2,1-2H3. The van der Waals surface area contributed by atoms with Gasteiger partial charge in [0.2, 0.25) is 5.91 Å². The van der Waals surface area contributed by atoms with Gasteiger partial charge in [0.05, 0.1) is 20.3 Å². The quantitative estimate of drug-likeness (QED) is 0.739. The normalized spacial score (nSPS) is 16.6. The summed E-state index contributed by atoms with van der Waals surface area (Å²) in [5, 5.41) is 0.721. The highest BCUT2D eigenvalue weighted by Gasteiger charge is 2.30. The van der Waals surface area contributed by atoms with E-state index >= 15 is 0 Å². The summed E-state index contributed by atoms with van der Waals surface area (Å²) in [6.07, 6.45) is 3.10. The minimum Gasteiger partial charge on any atom is -0.493 e. The Morgan fingerprint density at radius 2 is 1.92 bits per heavy atom. The molecule has 2 aromatic carbocycles. The number of rotatable bonds is 6. The minimum atomic E-state index is 0.0913. The van der Waals surface area contributed by atoms with Gasteiger partial charge in [-0.05, 0) is 48.6 Å². The Balaban J connectivity index is 1.71. The summed E-state index contributed by atoms with van der Waals surface area (Å²) in [6, 6.07) is 13.7. The van der Waals surface area contributed by atoms with Crippen molar-refractivity contribution in [2.75, 3.05) is 20.8 Å². The van der Waals surface area contributed by atoms with E-state index in [0.717, 1.165) is 35.5 Å². The molecule has 1 amide bonds. The molecule has 0 saturated carbocycles. The molecule has 1 atom stereocenters. The van der Waals surface area contributed by atoms with Gasteiger partial charge >= 0.3 is 0 Å². The molecule has 1 heterocycles. The van der Waals surface area contributed by atoms with Crippen molar-refractivity contribution in [3.05, 3.63) is 58.6 Å². The lowest BCUT2D eigenvalue weighted by Crippen LogP contribution is -2.30. The van der Waals surface area contributed by atoms with E-state index in [-0.39, 0.29) is 11.9 Å². The van der Waals surface area contributed by atoms with Crippen molar-refractivity contribution in [1.29, 1.82) is 0 Å². The summed E-state index contributed by atoms with van der Waals surface area (Å²) in [5.41, 5.74) is 2.11. The second kappa shape index (κ2) is 8.45. The van der Waals surface area contributed by atoms with Crippen LogP contribution in [0.15, 0.2) is 42.5 Å². The first kappa shape index (κ1) is 18.6. The van der Waals surface area contributed by atoms with Gasteiger partial charge < -0.3 is 14.4 Å². The second-order valence-electron chi connectivity index (χ2n) is 6.45. The molecule has 0 aromatic heterocycles. The predicted octanol–water partition coefficient (Wildman–Crippen LogP) is 4.65. The number of carbonyl (C=O) groups excluding carboxylic acids is 1. The van der Waals surface area contributed by atoms with Crippen LogP contribution in [0.2, 0.25) is 5.02 Å². The number of hydrogen-bond donors (Lipinski definition) is 0. The number of amides is 1. The summed E-state index contributed by atoms with van der Waals surface area (Å²) in [6.45, 7) is 0.792. The zero-order chi connectivity index (χ0) is 18.5. The van der Waals surface area contributed by atoms with Gasteiger partial charge in [-0.25, -0.2) is 0 Å². The molecule has 0 bridgehead atoms. The number of benzene rings is 2. The fourth-order valence-electron chi connectivity index (χ4n) is 3.56. The Morgan fingerprint density at radius 3 is 2.65 bits per heavy atom. The van der Waals surface area contributed by atoms with Gasteiger partial charge in [0.1, 0.15) is 0 Å². The van der Waals surface area contributed by atoms with Crippen molar-refractivity contribution in [3.8, 4) is 11.5 Å². The number of likely N-dealkylation sites (tertiary alicyclic amines) is 1. The van der Waals surface area contributed by atoms with E-state index in [1.54, 1.807) is 14.2 Å². The van der Waals surface area contributed by atoms with E-state index in [4.69, 9.17) is 21.1 Å². The molecule has 1 aliphatic rings. The molecule has 1 aliphatic heterocycles. The van der Waals surface area contributed by atoms with Crippen LogP contribution in [0, 0.1) is 0 Å². The summed E-state index contributed by atoms with van der Waals surface area (Å²) in [7, 11) is 3.25. The lowest BCUT2D eigenvalue weighted by atomic mass is 10.0. The average molecular weight is 374 g/mol. The van der Waals surface area contributed by atoms with Crippen LogP contribution in [-0.2, 0) is 11.2 Å². The van der Waals surface area contributed by atoms with Gasteiger partial charge in [-0.2, -0.15) is 0 Å². The molecule has 1 saturated heterocycles. The summed E-state index contributed by atoms with van der Waals surface area (Å²) >= 11 is 6.20. The fourth-order valence-corrected chi connectivity index (χ4v) is 3.79. The van der Waals surface area contributed by atoms with Gasteiger partial charge in [0, 0.05) is 18.0 Å². The highest BCUT2D eigenvalue weighted by atomic mass is 35.5. The van der Waals surface area contributed by atoms with Crippen LogP contribution >= 0.6 is 11.6 Å². The third kappa shape index (κ3) is 3.96. The number of halogens is 1. The van der Waals surface area contributed by atoms with Crippen molar-refractivity contribution in [3.63, 3.8) is 0 Å². The van der Waals surface area contributed by atoms with Crippen LogP contribution in [-0.4, -0.2) is 31.6 Å². The van der Waals surface area contributed by atoms with Crippen LogP contribution in [0.3, 0.4) is 0 Å². The molecule has 3 rings (SSSR count). The molecule has 1 fully saturated rings. The first-order valence-corrected chi connectivity index (χ1v) is 9.26. The Hall–Kier alpha value is -2.20. The maximum atomic E-state index is 12.8. The third-order valence-corrected chi connectivity index (χ3v) is 5.30. The first-order valence-electron chi connectivity index (χ1n) is 8.89. The zero-order valence-electron chi connectivity index (χ0n) is 15.2. The highest BCUT2D eigenvalue weighted by molar-refractivity contribution is 6.31. The Bertz CT molecular complexity index is 778. The molecular weight excluding hydrogens is 350 g/mol. The van der Waals surface area contributed by atoms with Crippen molar-refractivity contribution >= 4 is 17.5 Å². The summed E-state index contributed by atoms with van der Waals surface area (Å²) in [5.74, 6) is 1.56. The van der Waals surface area contributed by atoms with E-state index < -0.39 is 0 Å². The number of methoxy groups -OCH3 is 2. The highest BCUT2D eigenvalue weighted by Crippen LogP contribution is 2.37. The topological polar surface area (TPSA) is 38.8 Å². The second-order valence-corrected chi connectivity index (χ2v) is 6.86. The predicted molar refractivity (Wildman–Crippen MR) is 103 cm³/mol. The van der Waals surface area contributed by atoms with Crippen LogP contribution in [0.25, 0.3) is 0 Å². The van der Waals surface area contributed by atoms with E-state index in [9.17, 15) is 4.79 Å². The van der Waals surface area contributed by atoms with Gasteiger partial charge in [0.25, 0.3) is 0 Å². The number of carbonyl (C=O) groups is 1. The minimum absolute atomic E-state index is 0.0913. The molecule has 0 radical (unpaired) electrons. The number of ether oxygens (including phenoxy) is 2. The van der Waals surface area contributed by atoms with Crippen LogP contribution in [0.4, 0.5) is 0 Å². The molecule has 5 heteroatoms. The third-order valence-electron chi connectivity index (χ3n) is 4.93. The Labute approximate surface area is 159 Å². The van der Waals surface area contributed by atoms with Crippen molar-refractivity contribution in [1.82, 2.24) is 4.90 Å². The van der Waals surface area contributed by atoms with E-state index in [1.807, 2.05) is 47.4 Å². The zero-order valence-corrected chi connectivity index (χ0v) is 16.0. The molecule has 0 spiro atoms. The monoisotopic (exact) mass is 373 g/mol. The summed E-state index contributed by atoms with van der Waals surface area (Å²) in [4.78, 5) is 14.8. The fraction of sp³-hybridized carbons (Fsp3) is 0.381. The molecule has 4 nitrogen and oxygen atoms in total. The maximum absolute atomic E-state index is 12.8. The molecule has 2 aromatic rings. The van der Waals surface area contributed by atoms with E-state index in [2.05, 4.69) is 0 Å². The molecule has 0 N–H and O–H groups in total. The van der Waals surface area contributed by atoms with Gasteiger partial charge in [-0.3, -0.25) is 4.79 Å². The summed E-state index contributed by atoms with van der Waals surface area (Å²) < 4.78 is 10.7. The van der Waals surface area contributed by atoms with Crippen molar-refractivity contribution < 1.29 is 14.3 Å². The van der Waals surface area contributed by atoms with Gasteiger partial charge in [0.15, 0.2) is 11.5 Å². The molecular formula is C21H24ClNO3. The van der Waals surface area contributed by atoms with E-state index in [0.29, 0.717) is 24.3 Å². The van der Waals surface area contributed by atoms with Gasteiger partial charge in [-0.15, -0.1) is 0 Å². The Kier molecular flexibility index (Phi) is 6.04. The molecule has 26 heavy (non-hydrogen) atoms. The van der Waals surface area contributed by atoms with Gasteiger partial charge in [-0.1, -0.05) is 35.9 Å². The van der Waals surface area contributed by atoms with Crippen LogP contribution in [0.5, 0.6) is 11.5 Å². The number of nitrogens with zero attached hydrogens (tertiary/aromatic N) is 1. The molecule has 0 aliphatic carbocycles. The van der Waals surface area contributed by atoms with Crippen molar-refractivity contribution in [2.24, 2.45) is 0 Å². The van der Waals surface area contributed by atoms with Crippen molar-refractivity contribution in [2.45, 2.75) is 31.7 Å². The molecule has 1 unspecified atom stereocenters. The smallest absolute Gasteiger partial charge is 0.223 e. The number of aryl methyl sites for hydroxylation is 1. The lowest BCUT2D eigenvalue weighted by molar-refractivity contribution is -0.132. The average Bonchev–Trinajstić information content (AvgIpc) is 3.16. The Morgan fingerprint density at radius 1 is 1.15 bits per heavy atom. The lowest BCUT2D eigenvalue weighted by Gasteiger charge is -2.26. The largest absolute Gasteiger partial charge is 0.493 e. The van der Waals surface area contributed by atoms with Crippen LogP contribution < -0.4 is 9.47 Å². The van der Waals surface area contributed by atoms with E-state index in [1.165, 1.54) is 0 Å². The number of hydrogen-bond acceptors (Lipinski definition) is 3. The van der Waals surface area contributed by atoms with Crippen LogP contribution in [0.1, 0.15) is 36.4 Å². The first-order chi connectivity index (χ1) is 12.6. The maximum Gasteiger partial charge on any atom is 0.223 e.